The Morgan fingerprint density at radius 3 is 2.58 bits per heavy atom. The maximum Gasteiger partial charge on any atom is 0.231 e. The smallest absolute Gasteiger partial charge is 0.231 e. The predicted molar refractivity (Wildman–Crippen MR) is 101 cm³/mol. The molecule has 138 valence electrons. The number of amides is 1. The molecule has 0 bridgehead atoms. The average Bonchev–Trinajstić information content (AvgIpc) is 3.13. The minimum absolute atomic E-state index is 0.0461. The SMILES string of the molecule is CC(C(=O)NCC(C)(C)c1ccc2c(c1)OCO2)C(N)c1ccccc1. The summed E-state index contributed by atoms with van der Waals surface area (Å²) >= 11 is 0. The van der Waals surface area contributed by atoms with Gasteiger partial charge in [0.05, 0.1) is 5.92 Å². The Labute approximate surface area is 154 Å². The van der Waals surface area contributed by atoms with E-state index in [1.165, 1.54) is 0 Å². The van der Waals surface area contributed by atoms with E-state index in [0.717, 1.165) is 22.6 Å². The van der Waals surface area contributed by atoms with Gasteiger partial charge in [-0.3, -0.25) is 4.79 Å². The molecule has 2 aromatic rings. The highest BCUT2D eigenvalue weighted by Gasteiger charge is 2.27. The monoisotopic (exact) mass is 354 g/mol. The van der Waals surface area contributed by atoms with E-state index >= 15 is 0 Å². The molecule has 5 nitrogen and oxygen atoms in total. The van der Waals surface area contributed by atoms with Gasteiger partial charge >= 0.3 is 0 Å². The van der Waals surface area contributed by atoms with Crippen molar-refractivity contribution in [1.82, 2.24) is 5.32 Å². The lowest BCUT2D eigenvalue weighted by molar-refractivity contribution is -0.125. The van der Waals surface area contributed by atoms with Gasteiger partial charge in [-0.25, -0.2) is 0 Å². The Hall–Kier alpha value is -2.53. The van der Waals surface area contributed by atoms with Crippen molar-refractivity contribution < 1.29 is 14.3 Å². The number of fused-ring (bicyclic) bond motifs is 1. The molecule has 3 rings (SSSR count). The van der Waals surface area contributed by atoms with Crippen molar-refractivity contribution in [3.05, 3.63) is 59.7 Å². The molecule has 0 fully saturated rings. The fourth-order valence-electron chi connectivity index (χ4n) is 3.02. The summed E-state index contributed by atoms with van der Waals surface area (Å²) in [4.78, 5) is 12.6. The molecule has 1 aliphatic heterocycles. The van der Waals surface area contributed by atoms with Crippen LogP contribution >= 0.6 is 0 Å². The Kier molecular flexibility index (Phi) is 5.18. The summed E-state index contributed by atoms with van der Waals surface area (Å²) in [6.07, 6.45) is 0. The van der Waals surface area contributed by atoms with Crippen LogP contribution in [0, 0.1) is 5.92 Å². The van der Waals surface area contributed by atoms with Crippen LogP contribution in [0.4, 0.5) is 0 Å². The van der Waals surface area contributed by atoms with Crippen molar-refractivity contribution in [1.29, 1.82) is 0 Å². The van der Waals surface area contributed by atoms with Gasteiger partial charge in [0, 0.05) is 18.0 Å². The van der Waals surface area contributed by atoms with Crippen molar-refractivity contribution in [2.75, 3.05) is 13.3 Å². The summed E-state index contributed by atoms with van der Waals surface area (Å²) in [5.74, 6) is 1.15. The maximum absolute atomic E-state index is 12.6. The number of nitrogens with one attached hydrogen (secondary N) is 1. The van der Waals surface area contributed by atoms with E-state index in [1.54, 1.807) is 0 Å². The van der Waals surface area contributed by atoms with Crippen LogP contribution in [-0.4, -0.2) is 19.2 Å². The van der Waals surface area contributed by atoms with E-state index in [0.29, 0.717) is 6.54 Å². The number of hydrogen-bond donors (Lipinski definition) is 2. The third kappa shape index (κ3) is 3.83. The first-order valence-electron chi connectivity index (χ1n) is 8.87. The van der Waals surface area contributed by atoms with Crippen molar-refractivity contribution >= 4 is 5.91 Å². The van der Waals surface area contributed by atoms with Crippen LogP contribution < -0.4 is 20.5 Å². The second-order valence-electron chi connectivity index (χ2n) is 7.39. The molecular formula is C21H26N2O3. The Morgan fingerprint density at radius 2 is 1.85 bits per heavy atom. The van der Waals surface area contributed by atoms with E-state index < -0.39 is 0 Å². The summed E-state index contributed by atoms with van der Waals surface area (Å²) in [6, 6.07) is 15.3. The standard InChI is InChI=1S/C21H26N2O3/c1-14(19(22)15-7-5-4-6-8-15)20(24)23-12-21(2,3)16-9-10-17-18(11-16)26-13-25-17/h4-11,14,19H,12-13,22H2,1-3H3,(H,23,24). The molecule has 1 heterocycles. The molecule has 1 amide bonds. The summed E-state index contributed by atoms with van der Waals surface area (Å²) < 4.78 is 10.8. The number of nitrogens with two attached hydrogens (primary N) is 1. The first-order valence-corrected chi connectivity index (χ1v) is 8.87. The molecule has 0 spiro atoms. The quantitative estimate of drug-likeness (QED) is 0.836. The van der Waals surface area contributed by atoms with E-state index in [4.69, 9.17) is 15.2 Å². The van der Waals surface area contributed by atoms with Gasteiger partial charge in [0.25, 0.3) is 0 Å². The number of benzene rings is 2. The third-order valence-corrected chi connectivity index (χ3v) is 5.00. The van der Waals surface area contributed by atoms with E-state index in [-0.39, 0.29) is 30.1 Å². The highest BCUT2D eigenvalue weighted by molar-refractivity contribution is 5.79. The number of ether oxygens (including phenoxy) is 2. The van der Waals surface area contributed by atoms with E-state index in [2.05, 4.69) is 19.2 Å². The highest BCUT2D eigenvalue weighted by atomic mass is 16.7. The predicted octanol–water partition coefficient (Wildman–Crippen LogP) is 3.15. The number of hydrogen-bond acceptors (Lipinski definition) is 4. The van der Waals surface area contributed by atoms with Gasteiger partial charge in [0.1, 0.15) is 0 Å². The second kappa shape index (κ2) is 7.38. The van der Waals surface area contributed by atoms with Gasteiger partial charge in [0.2, 0.25) is 12.7 Å². The molecule has 5 heteroatoms. The summed E-state index contributed by atoms with van der Waals surface area (Å²) in [6.45, 7) is 6.81. The fourth-order valence-corrected chi connectivity index (χ4v) is 3.02. The van der Waals surface area contributed by atoms with Crippen molar-refractivity contribution in [3.8, 4) is 11.5 Å². The molecule has 2 atom stereocenters. The minimum atomic E-state index is -0.329. The summed E-state index contributed by atoms with van der Waals surface area (Å²) in [5, 5.41) is 3.05. The van der Waals surface area contributed by atoms with Crippen LogP contribution in [0.3, 0.4) is 0 Å². The molecule has 0 radical (unpaired) electrons. The Bertz CT molecular complexity index is 774. The molecule has 0 saturated carbocycles. The lowest BCUT2D eigenvalue weighted by Crippen LogP contribution is -2.41. The van der Waals surface area contributed by atoms with Gasteiger partial charge in [-0.2, -0.15) is 0 Å². The van der Waals surface area contributed by atoms with E-state index in [9.17, 15) is 4.79 Å². The van der Waals surface area contributed by atoms with Crippen LogP contribution in [0.25, 0.3) is 0 Å². The highest BCUT2D eigenvalue weighted by Crippen LogP contribution is 2.36. The Balaban J connectivity index is 1.62. The Morgan fingerprint density at radius 1 is 1.15 bits per heavy atom. The molecule has 2 unspecified atom stereocenters. The zero-order chi connectivity index (χ0) is 18.7. The van der Waals surface area contributed by atoms with Crippen LogP contribution in [0.2, 0.25) is 0 Å². The molecule has 0 saturated heterocycles. The lowest BCUT2D eigenvalue weighted by atomic mass is 9.84. The zero-order valence-electron chi connectivity index (χ0n) is 15.5. The van der Waals surface area contributed by atoms with Crippen LogP contribution in [0.5, 0.6) is 11.5 Å². The largest absolute Gasteiger partial charge is 0.454 e. The van der Waals surface area contributed by atoms with Gasteiger partial charge in [-0.05, 0) is 23.3 Å². The molecule has 3 N–H and O–H groups in total. The fraction of sp³-hybridized carbons (Fsp3) is 0.381. The first-order chi connectivity index (χ1) is 12.4. The van der Waals surface area contributed by atoms with E-state index in [1.807, 2.05) is 55.5 Å². The van der Waals surface area contributed by atoms with Crippen molar-refractivity contribution in [2.45, 2.75) is 32.2 Å². The first kappa shape index (κ1) is 18.3. The van der Waals surface area contributed by atoms with Crippen LogP contribution in [-0.2, 0) is 10.2 Å². The molecule has 26 heavy (non-hydrogen) atoms. The number of carbonyl (C=O) groups excluding carboxylic acids is 1. The number of rotatable bonds is 6. The van der Waals surface area contributed by atoms with Gasteiger partial charge in [0.15, 0.2) is 11.5 Å². The molecule has 0 aromatic heterocycles. The third-order valence-electron chi connectivity index (χ3n) is 5.00. The van der Waals surface area contributed by atoms with Crippen LogP contribution in [0.15, 0.2) is 48.5 Å². The minimum Gasteiger partial charge on any atom is -0.454 e. The summed E-state index contributed by atoms with van der Waals surface area (Å²) in [7, 11) is 0. The topological polar surface area (TPSA) is 73.6 Å². The normalized spacial score (nSPS) is 15.4. The molecular weight excluding hydrogens is 328 g/mol. The van der Waals surface area contributed by atoms with Gasteiger partial charge in [-0.15, -0.1) is 0 Å². The summed E-state index contributed by atoms with van der Waals surface area (Å²) in [5.41, 5.74) is 8.07. The molecule has 1 aliphatic rings. The maximum atomic E-state index is 12.6. The average molecular weight is 354 g/mol. The number of carbonyl (C=O) groups is 1. The van der Waals surface area contributed by atoms with Crippen molar-refractivity contribution in [3.63, 3.8) is 0 Å². The van der Waals surface area contributed by atoms with Crippen LogP contribution in [0.1, 0.15) is 37.9 Å². The lowest BCUT2D eigenvalue weighted by Gasteiger charge is -2.28. The van der Waals surface area contributed by atoms with Crippen molar-refractivity contribution in [2.24, 2.45) is 11.7 Å². The zero-order valence-corrected chi connectivity index (χ0v) is 15.5. The molecule has 0 aliphatic carbocycles. The second-order valence-corrected chi connectivity index (χ2v) is 7.39. The molecule has 2 aromatic carbocycles. The van der Waals surface area contributed by atoms with Gasteiger partial charge in [-0.1, -0.05) is 57.2 Å². The van der Waals surface area contributed by atoms with Gasteiger partial charge < -0.3 is 20.5 Å².